The maximum Gasteiger partial charge on any atom is 0.315 e. The molecule has 18 heavy (non-hydrogen) atoms. The van der Waals surface area contributed by atoms with Gasteiger partial charge in [0.25, 0.3) is 0 Å². The summed E-state index contributed by atoms with van der Waals surface area (Å²) >= 11 is 5.57. The Kier molecular flexibility index (Phi) is 4.81. The summed E-state index contributed by atoms with van der Waals surface area (Å²) in [6, 6.07) is 0.351. The largest absolute Gasteiger partial charge is 0.408 e. The molecule has 6 nitrogen and oxygen atoms in total. The molecule has 0 saturated carbocycles. The summed E-state index contributed by atoms with van der Waals surface area (Å²) in [5.41, 5.74) is 0. The molecular formula is C11H17ClN4O2. The third kappa shape index (κ3) is 3.60. The number of hydrogen-bond acceptors (Lipinski definition) is 5. The lowest BCUT2D eigenvalue weighted by atomic mass is 10.3. The standard InChI is InChI=1S/C11H17ClN4O2/c12-5-3-9-14-15-11(18-9)13-6-4-10(17)16-7-1-2-8-16/h1-8H2,(H,13,15). The summed E-state index contributed by atoms with van der Waals surface area (Å²) in [5, 5.41) is 10.6. The van der Waals surface area contributed by atoms with Gasteiger partial charge in [-0.3, -0.25) is 4.79 Å². The first-order valence-corrected chi connectivity index (χ1v) is 6.73. The highest BCUT2D eigenvalue weighted by atomic mass is 35.5. The van der Waals surface area contributed by atoms with Crippen molar-refractivity contribution in [2.24, 2.45) is 0 Å². The Bertz CT molecular complexity index is 390. The lowest BCUT2D eigenvalue weighted by Crippen LogP contribution is -2.29. The molecule has 1 N–H and O–H groups in total. The molecule has 0 radical (unpaired) electrons. The number of amides is 1. The minimum atomic E-state index is 0.181. The summed E-state index contributed by atoms with van der Waals surface area (Å²) in [4.78, 5) is 13.6. The van der Waals surface area contributed by atoms with Crippen molar-refractivity contribution in [3.8, 4) is 0 Å². The Morgan fingerprint density at radius 2 is 2.17 bits per heavy atom. The van der Waals surface area contributed by atoms with E-state index in [9.17, 15) is 4.79 Å². The molecule has 1 aromatic rings. The van der Waals surface area contributed by atoms with E-state index < -0.39 is 0 Å². The Morgan fingerprint density at radius 3 is 2.89 bits per heavy atom. The predicted molar refractivity (Wildman–Crippen MR) is 67.6 cm³/mol. The van der Waals surface area contributed by atoms with Crippen molar-refractivity contribution in [3.05, 3.63) is 5.89 Å². The number of aromatic nitrogens is 2. The fraction of sp³-hybridized carbons (Fsp3) is 0.727. The molecular weight excluding hydrogens is 256 g/mol. The van der Waals surface area contributed by atoms with E-state index in [4.69, 9.17) is 16.0 Å². The van der Waals surface area contributed by atoms with E-state index in [1.807, 2.05) is 4.90 Å². The predicted octanol–water partition coefficient (Wildman–Crippen LogP) is 1.28. The molecule has 1 aromatic heterocycles. The molecule has 1 fully saturated rings. The van der Waals surface area contributed by atoms with Crippen molar-refractivity contribution in [1.82, 2.24) is 15.1 Å². The van der Waals surface area contributed by atoms with Gasteiger partial charge in [-0.15, -0.1) is 16.7 Å². The highest BCUT2D eigenvalue weighted by molar-refractivity contribution is 6.17. The fourth-order valence-corrected chi connectivity index (χ4v) is 2.07. The Labute approximate surface area is 111 Å². The zero-order valence-electron chi connectivity index (χ0n) is 10.2. The van der Waals surface area contributed by atoms with Crippen LogP contribution in [0.5, 0.6) is 0 Å². The normalized spacial score (nSPS) is 15.1. The van der Waals surface area contributed by atoms with E-state index in [0.717, 1.165) is 25.9 Å². The van der Waals surface area contributed by atoms with Gasteiger partial charge in [0.15, 0.2) is 0 Å². The second-order valence-electron chi connectivity index (χ2n) is 4.20. The van der Waals surface area contributed by atoms with Crippen molar-refractivity contribution in [1.29, 1.82) is 0 Å². The van der Waals surface area contributed by atoms with E-state index in [2.05, 4.69) is 15.5 Å². The highest BCUT2D eigenvalue weighted by Crippen LogP contribution is 2.10. The van der Waals surface area contributed by atoms with Crippen LogP contribution in [0.1, 0.15) is 25.2 Å². The fourth-order valence-electron chi connectivity index (χ4n) is 1.91. The van der Waals surface area contributed by atoms with Crippen LogP contribution in [0.2, 0.25) is 0 Å². The summed E-state index contributed by atoms with van der Waals surface area (Å²) in [6.07, 6.45) is 3.24. The quantitative estimate of drug-likeness (QED) is 0.790. The molecule has 0 atom stereocenters. The number of carbonyl (C=O) groups is 1. The number of nitrogens with zero attached hydrogens (tertiary/aromatic N) is 3. The Morgan fingerprint density at radius 1 is 1.39 bits per heavy atom. The molecule has 2 rings (SSSR count). The molecule has 1 saturated heterocycles. The van der Waals surface area contributed by atoms with Crippen LogP contribution in [0.3, 0.4) is 0 Å². The van der Waals surface area contributed by atoms with Crippen molar-refractivity contribution < 1.29 is 9.21 Å². The first-order valence-electron chi connectivity index (χ1n) is 6.19. The van der Waals surface area contributed by atoms with Gasteiger partial charge < -0.3 is 14.6 Å². The SMILES string of the molecule is O=C(CCNc1nnc(CCCl)o1)N1CCCC1. The third-order valence-corrected chi connectivity index (χ3v) is 3.04. The van der Waals surface area contributed by atoms with Gasteiger partial charge in [-0.2, -0.15) is 0 Å². The maximum atomic E-state index is 11.7. The van der Waals surface area contributed by atoms with E-state index >= 15 is 0 Å². The van der Waals surface area contributed by atoms with Gasteiger partial charge in [0, 0.05) is 38.4 Å². The molecule has 1 amide bonds. The van der Waals surface area contributed by atoms with Gasteiger partial charge in [-0.1, -0.05) is 5.10 Å². The van der Waals surface area contributed by atoms with Crippen LogP contribution < -0.4 is 5.32 Å². The molecule has 1 aliphatic rings. The lowest BCUT2D eigenvalue weighted by Gasteiger charge is -2.14. The van der Waals surface area contributed by atoms with Gasteiger partial charge in [0.1, 0.15) is 0 Å². The number of nitrogens with one attached hydrogen (secondary N) is 1. The first kappa shape index (κ1) is 13.1. The first-order chi connectivity index (χ1) is 8.79. The molecule has 0 aromatic carbocycles. The van der Waals surface area contributed by atoms with Gasteiger partial charge in [0.05, 0.1) is 0 Å². The van der Waals surface area contributed by atoms with Crippen LogP contribution in [0, 0.1) is 0 Å². The Balaban J connectivity index is 1.69. The number of hydrogen-bond donors (Lipinski definition) is 1. The van der Waals surface area contributed by atoms with Gasteiger partial charge in [-0.05, 0) is 12.8 Å². The Hall–Kier alpha value is -1.30. The lowest BCUT2D eigenvalue weighted by molar-refractivity contribution is -0.129. The molecule has 0 bridgehead atoms. The van der Waals surface area contributed by atoms with Crippen LogP contribution in [0.25, 0.3) is 0 Å². The molecule has 7 heteroatoms. The summed E-state index contributed by atoms with van der Waals surface area (Å²) in [6.45, 7) is 2.29. The number of likely N-dealkylation sites (tertiary alicyclic amines) is 1. The van der Waals surface area contributed by atoms with Crippen LogP contribution >= 0.6 is 11.6 Å². The van der Waals surface area contributed by atoms with Crippen LogP contribution in [0.4, 0.5) is 6.01 Å². The second-order valence-corrected chi connectivity index (χ2v) is 4.58. The number of rotatable bonds is 6. The average molecular weight is 273 g/mol. The topological polar surface area (TPSA) is 71.3 Å². The van der Waals surface area contributed by atoms with E-state index in [0.29, 0.717) is 37.2 Å². The molecule has 1 aliphatic heterocycles. The zero-order valence-corrected chi connectivity index (χ0v) is 10.9. The van der Waals surface area contributed by atoms with Gasteiger partial charge >= 0.3 is 6.01 Å². The summed E-state index contributed by atoms with van der Waals surface area (Å²) < 4.78 is 5.29. The maximum absolute atomic E-state index is 11.7. The van der Waals surface area contributed by atoms with E-state index in [1.165, 1.54) is 0 Å². The van der Waals surface area contributed by atoms with Crippen LogP contribution in [-0.2, 0) is 11.2 Å². The zero-order chi connectivity index (χ0) is 12.8. The number of halogens is 1. The summed E-state index contributed by atoms with van der Waals surface area (Å²) in [5.74, 6) is 1.15. The minimum absolute atomic E-state index is 0.181. The summed E-state index contributed by atoms with van der Waals surface area (Å²) in [7, 11) is 0. The molecule has 0 spiro atoms. The molecule has 2 heterocycles. The van der Waals surface area contributed by atoms with Gasteiger partial charge in [0.2, 0.25) is 11.8 Å². The van der Waals surface area contributed by atoms with E-state index in [-0.39, 0.29) is 5.91 Å². The number of anilines is 1. The highest BCUT2D eigenvalue weighted by Gasteiger charge is 2.17. The van der Waals surface area contributed by atoms with Crippen molar-refractivity contribution in [2.75, 3.05) is 30.8 Å². The number of alkyl halides is 1. The molecule has 100 valence electrons. The number of carbonyl (C=O) groups excluding carboxylic acids is 1. The van der Waals surface area contributed by atoms with Crippen molar-refractivity contribution in [2.45, 2.75) is 25.7 Å². The monoisotopic (exact) mass is 272 g/mol. The van der Waals surface area contributed by atoms with Crippen molar-refractivity contribution >= 4 is 23.5 Å². The minimum Gasteiger partial charge on any atom is -0.408 e. The second kappa shape index (κ2) is 6.58. The average Bonchev–Trinajstić information content (AvgIpc) is 3.00. The molecule has 0 aliphatic carbocycles. The van der Waals surface area contributed by atoms with Crippen molar-refractivity contribution in [3.63, 3.8) is 0 Å². The van der Waals surface area contributed by atoms with Crippen LogP contribution in [-0.4, -0.2) is 46.5 Å². The number of aryl methyl sites for hydroxylation is 1. The van der Waals surface area contributed by atoms with Gasteiger partial charge in [-0.25, -0.2) is 0 Å². The molecule has 0 unspecified atom stereocenters. The van der Waals surface area contributed by atoms with Crippen LogP contribution in [0.15, 0.2) is 4.42 Å². The van der Waals surface area contributed by atoms with E-state index in [1.54, 1.807) is 0 Å². The smallest absolute Gasteiger partial charge is 0.315 e. The third-order valence-electron chi connectivity index (χ3n) is 2.85.